The van der Waals surface area contributed by atoms with Crippen molar-refractivity contribution in [2.45, 2.75) is 43.3 Å². The molecule has 0 bridgehead atoms. The van der Waals surface area contributed by atoms with Gasteiger partial charge in [0, 0.05) is 0 Å². The van der Waals surface area contributed by atoms with E-state index in [1.807, 2.05) is 6.92 Å². The minimum Gasteiger partial charge on any atom is -0.223 e. The van der Waals surface area contributed by atoms with Crippen LogP contribution in [0, 0.1) is 11.3 Å². The molecule has 0 saturated heterocycles. The Morgan fingerprint density at radius 1 is 1.24 bits per heavy atom. The van der Waals surface area contributed by atoms with Gasteiger partial charge in [0.05, 0.1) is 22.1 Å². The Morgan fingerprint density at radius 2 is 1.76 bits per heavy atom. The van der Waals surface area contributed by atoms with E-state index in [4.69, 9.17) is 5.26 Å². The van der Waals surface area contributed by atoms with E-state index in [9.17, 15) is 8.42 Å². The van der Waals surface area contributed by atoms with Crippen molar-refractivity contribution >= 4 is 9.84 Å². The Labute approximate surface area is 103 Å². The van der Waals surface area contributed by atoms with E-state index in [2.05, 4.69) is 6.07 Å². The molecule has 0 radical (unpaired) electrons. The van der Waals surface area contributed by atoms with Gasteiger partial charge < -0.3 is 0 Å². The fourth-order valence-electron chi connectivity index (χ4n) is 1.56. The second kappa shape index (κ2) is 5.33. The first-order valence-corrected chi connectivity index (χ1v) is 7.21. The molecule has 92 valence electrons. The standard InChI is InChI=1S/C13H17NO2S/c1-4-11(9-14)12-5-7-13(8-6-12)17(15,16)10(2)3/h5-8,10-11H,4H2,1-3H3. The third-order valence-corrected chi connectivity index (χ3v) is 4.97. The lowest BCUT2D eigenvalue weighted by Crippen LogP contribution is -2.13. The van der Waals surface area contributed by atoms with Gasteiger partial charge in [0.15, 0.2) is 9.84 Å². The highest BCUT2D eigenvalue weighted by molar-refractivity contribution is 7.92. The molecule has 0 heterocycles. The second-order valence-corrected chi connectivity index (χ2v) is 6.76. The lowest BCUT2D eigenvalue weighted by Gasteiger charge is -2.10. The SMILES string of the molecule is CCC(C#N)c1ccc(S(=O)(=O)C(C)C)cc1. The number of rotatable bonds is 4. The monoisotopic (exact) mass is 251 g/mol. The molecule has 4 heteroatoms. The molecule has 0 saturated carbocycles. The van der Waals surface area contributed by atoms with Crippen LogP contribution in [0.2, 0.25) is 0 Å². The molecule has 0 amide bonds. The van der Waals surface area contributed by atoms with Crippen LogP contribution in [-0.2, 0) is 9.84 Å². The first-order chi connectivity index (χ1) is 7.93. The van der Waals surface area contributed by atoms with Crippen LogP contribution in [0.3, 0.4) is 0 Å². The molecule has 0 aliphatic rings. The van der Waals surface area contributed by atoms with E-state index in [0.717, 1.165) is 12.0 Å². The van der Waals surface area contributed by atoms with Gasteiger partial charge in [-0.2, -0.15) is 5.26 Å². The summed E-state index contributed by atoms with van der Waals surface area (Å²) in [7, 11) is -3.22. The van der Waals surface area contributed by atoms with Crippen molar-refractivity contribution in [1.82, 2.24) is 0 Å². The summed E-state index contributed by atoms with van der Waals surface area (Å²) in [6.45, 7) is 5.26. The summed E-state index contributed by atoms with van der Waals surface area (Å²) < 4.78 is 23.8. The summed E-state index contributed by atoms with van der Waals surface area (Å²) in [5.74, 6) is -0.161. The van der Waals surface area contributed by atoms with Crippen LogP contribution in [0.5, 0.6) is 0 Å². The molecule has 0 N–H and O–H groups in total. The van der Waals surface area contributed by atoms with Gasteiger partial charge in [0.2, 0.25) is 0 Å². The molecule has 1 aromatic rings. The maximum absolute atomic E-state index is 11.9. The van der Waals surface area contributed by atoms with Crippen LogP contribution < -0.4 is 0 Å². The highest BCUT2D eigenvalue weighted by Gasteiger charge is 2.19. The molecule has 0 aliphatic carbocycles. The Morgan fingerprint density at radius 3 is 2.12 bits per heavy atom. The summed E-state index contributed by atoms with van der Waals surface area (Å²) in [5.41, 5.74) is 0.873. The summed E-state index contributed by atoms with van der Waals surface area (Å²) in [6.07, 6.45) is 0.729. The van der Waals surface area contributed by atoms with Crippen LogP contribution in [0.15, 0.2) is 29.2 Å². The molecule has 1 atom stereocenters. The molecular weight excluding hydrogens is 234 g/mol. The summed E-state index contributed by atoms with van der Waals surface area (Å²) in [5, 5.41) is 8.50. The maximum atomic E-state index is 11.9. The Kier molecular flexibility index (Phi) is 4.30. The van der Waals surface area contributed by atoms with Crippen LogP contribution in [0.4, 0.5) is 0 Å². The maximum Gasteiger partial charge on any atom is 0.180 e. The van der Waals surface area contributed by atoms with Crippen LogP contribution in [0.1, 0.15) is 38.7 Å². The van der Waals surface area contributed by atoms with E-state index in [1.165, 1.54) is 0 Å². The van der Waals surface area contributed by atoms with Gasteiger partial charge in [-0.25, -0.2) is 8.42 Å². The average molecular weight is 251 g/mol. The van der Waals surface area contributed by atoms with Crippen molar-refractivity contribution in [2.75, 3.05) is 0 Å². The number of nitriles is 1. The van der Waals surface area contributed by atoms with Gasteiger partial charge in [-0.3, -0.25) is 0 Å². The number of sulfone groups is 1. The van der Waals surface area contributed by atoms with Crippen LogP contribution in [0.25, 0.3) is 0 Å². The van der Waals surface area contributed by atoms with E-state index in [1.54, 1.807) is 38.1 Å². The van der Waals surface area contributed by atoms with Gasteiger partial charge in [-0.15, -0.1) is 0 Å². The molecule has 0 fully saturated rings. The van der Waals surface area contributed by atoms with Gasteiger partial charge >= 0.3 is 0 Å². The summed E-state index contributed by atoms with van der Waals surface area (Å²) >= 11 is 0. The normalized spacial score (nSPS) is 13.4. The lowest BCUT2D eigenvalue weighted by molar-refractivity contribution is 0.587. The van der Waals surface area contributed by atoms with Crippen molar-refractivity contribution in [3.05, 3.63) is 29.8 Å². The average Bonchev–Trinajstić information content (AvgIpc) is 2.31. The number of hydrogen-bond acceptors (Lipinski definition) is 3. The second-order valence-electron chi connectivity index (χ2n) is 4.25. The first kappa shape index (κ1) is 13.7. The molecule has 0 spiro atoms. The molecule has 0 aliphatic heterocycles. The smallest absolute Gasteiger partial charge is 0.180 e. The van der Waals surface area contributed by atoms with Crippen molar-refractivity contribution in [3.63, 3.8) is 0 Å². The van der Waals surface area contributed by atoms with E-state index in [0.29, 0.717) is 4.90 Å². The molecule has 1 aromatic carbocycles. The van der Waals surface area contributed by atoms with Gasteiger partial charge in [0.1, 0.15) is 0 Å². The highest BCUT2D eigenvalue weighted by Crippen LogP contribution is 2.22. The minimum atomic E-state index is -3.22. The first-order valence-electron chi connectivity index (χ1n) is 5.67. The number of benzene rings is 1. The molecule has 0 aromatic heterocycles. The largest absolute Gasteiger partial charge is 0.223 e. The van der Waals surface area contributed by atoms with Gasteiger partial charge in [0.25, 0.3) is 0 Å². The quantitative estimate of drug-likeness (QED) is 0.826. The molecular formula is C13H17NO2S. The van der Waals surface area contributed by atoms with Gasteiger partial charge in [-0.05, 0) is 38.0 Å². The Balaban J connectivity index is 3.09. The third-order valence-electron chi connectivity index (χ3n) is 2.80. The van der Waals surface area contributed by atoms with Crippen molar-refractivity contribution in [3.8, 4) is 6.07 Å². The fourth-order valence-corrected chi connectivity index (χ4v) is 2.62. The van der Waals surface area contributed by atoms with Crippen LogP contribution in [-0.4, -0.2) is 13.7 Å². The summed E-state index contributed by atoms with van der Waals surface area (Å²) in [4.78, 5) is 0.323. The molecule has 17 heavy (non-hydrogen) atoms. The highest BCUT2D eigenvalue weighted by atomic mass is 32.2. The summed E-state index contributed by atoms with van der Waals surface area (Å²) in [6, 6.07) is 8.83. The predicted molar refractivity (Wildman–Crippen MR) is 67.4 cm³/mol. The van der Waals surface area contributed by atoms with Crippen molar-refractivity contribution < 1.29 is 8.42 Å². The fraction of sp³-hybridized carbons (Fsp3) is 0.462. The topological polar surface area (TPSA) is 57.9 Å². The van der Waals surface area contributed by atoms with E-state index in [-0.39, 0.29) is 5.92 Å². The number of hydrogen-bond donors (Lipinski definition) is 0. The Hall–Kier alpha value is -1.34. The molecule has 3 nitrogen and oxygen atoms in total. The molecule has 1 rings (SSSR count). The van der Waals surface area contributed by atoms with E-state index >= 15 is 0 Å². The molecule has 1 unspecified atom stereocenters. The van der Waals surface area contributed by atoms with E-state index < -0.39 is 15.1 Å². The van der Waals surface area contributed by atoms with Crippen molar-refractivity contribution in [2.24, 2.45) is 0 Å². The zero-order chi connectivity index (χ0) is 13.1. The van der Waals surface area contributed by atoms with Gasteiger partial charge in [-0.1, -0.05) is 19.1 Å². The lowest BCUT2D eigenvalue weighted by atomic mass is 9.98. The van der Waals surface area contributed by atoms with Crippen LogP contribution >= 0.6 is 0 Å². The minimum absolute atomic E-state index is 0.161. The third kappa shape index (κ3) is 2.86. The zero-order valence-electron chi connectivity index (χ0n) is 10.3. The van der Waals surface area contributed by atoms with Crippen molar-refractivity contribution in [1.29, 1.82) is 5.26 Å². The Bertz CT molecular complexity index is 509. The number of nitrogens with zero attached hydrogens (tertiary/aromatic N) is 1. The zero-order valence-corrected chi connectivity index (χ0v) is 11.2. The predicted octanol–water partition coefficient (Wildman–Crippen LogP) is 2.89.